The molecular weight excluding hydrogens is 611 g/mol. The van der Waals surface area contributed by atoms with Crippen molar-refractivity contribution in [3.05, 3.63) is 181 Å². The number of allylic oxidation sites excluding steroid dienone is 3. The highest BCUT2D eigenvalue weighted by molar-refractivity contribution is 6.19. The van der Waals surface area contributed by atoms with Crippen LogP contribution in [0.4, 0.5) is 0 Å². The summed E-state index contributed by atoms with van der Waals surface area (Å²) in [5.74, 6) is 1.25. The van der Waals surface area contributed by atoms with Gasteiger partial charge in [-0.15, -0.1) is 0 Å². The second-order valence-corrected chi connectivity index (χ2v) is 13.2. The first-order valence-corrected chi connectivity index (χ1v) is 17.4. The zero-order valence-corrected chi connectivity index (χ0v) is 27.4. The first-order valence-electron chi connectivity index (χ1n) is 17.4. The third kappa shape index (κ3) is 4.70. The second kappa shape index (κ2) is 11.8. The second-order valence-electron chi connectivity index (χ2n) is 13.2. The lowest BCUT2D eigenvalue weighted by molar-refractivity contribution is 0.399. The summed E-state index contributed by atoms with van der Waals surface area (Å²) in [5, 5.41) is 12.6. The normalized spacial score (nSPS) is 19.0. The van der Waals surface area contributed by atoms with Gasteiger partial charge in [0.25, 0.3) is 0 Å². The zero-order valence-electron chi connectivity index (χ0n) is 27.4. The standard InChI is InChI=1S/C45H35N5/c1-4-14-30(15-5-1)43-46-44(31-16-6-2-7-17-31)48-45(47-43)32-24-26-34(27-25-32)50-40-23-13-11-21-36(40)38-28-37-35-20-10-12-22-39(35)49(41(37)29-42(38)50)33-18-8-3-9-19-33/h1-16,18-29,31,43,45,47H,17H2,(H,46,48). The molecule has 3 atom stereocenters. The predicted molar refractivity (Wildman–Crippen MR) is 207 cm³/mol. The number of nitrogens with zero attached hydrogens (tertiary/aromatic N) is 3. The van der Waals surface area contributed by atoms with Crippen molar-refractivity contribution < 1.29 is 0 Å². The maximum atomic E-state index is 5.15. The van der Waals surface area contributed by atoms with Crippen LogP contribution in [0.15, 0.2) is 175 Å². The van der Waals surface area contributed by atoms with Crippen LogP contribution in [0.3, 0.4) is 0 Å². The number of aliphatic imine (C=N–C) groups is 1. The molecule has 0 spiro atoms. The van der Waals surface area contributed by atoms with Crippen LogP contribution in [-0.2, 0) is 0 Å². The molecule has 6 aromatic carbocycles. The van der Waals surface area contributed by atoms with Crippen molar-refractivity contribution in [1.29, 1.82) is 0 Å². The molecular formula is C45H35N5. The van der Waals surface area contributed by atoms with Gasteiger partial charge >= 0.3 is 0 Å². The van der Waals surface area contributed by atoms with Gasteiger partial charge in [0.1, 0.15) is 18.2 Å². The summed E-state index contributed by atoms with van der Waals surface area (Å²) >= 11 is 0. The summed E-state index contributed by atoms with van der Waals surface area (Å²) in [5.41, 5.74) is 9.43. The Morgan fingerprint density at radius 1 is 0.520 bits per heavy atom. The number of hydrogen-bond donors (Lipinski definition) is 2. The van der Waals surface area contributed by atoms with Crippen molar-refractivity contribution in [2.24, 2.45) is 10.9 Å². The molecule has 2 aromatic heterocycles. The number of benzene rings is 6. The summed E-state index contributed by atoms with van der Waals surface area (Å²) in [4.78, 5) is 5.15. The molecule has 0 bridgehead atoms. The van der Waals surface area contributed by atoms with E-state index in [0.29, 0.717) is 0 Å². The van der Waals surface area contributed by atoms with E-state index in [1.54, 1.807) is 0 Å². The quantitative estimate of drug-likeness (QED) is 0.196. The Morgan fingerprint density at radius 3 is 1.76 bits per heavy atom. The summed E-state index contributed by atoms with van der Waals surface area (Å²) in [6.07, 6.45) is 9.44. The highest BCUT2D eigenvalue weighted by Crippen LogP contribution is 2.39. The Bertz CT molecular complexity index is 2620. The molecule has 8 aromatic rings. The molecule has 0 radical (unpaired) electrons. The number of fused-ring (bicyclic) bond motifs is 6. The smallest absolute Gasteiger partial charge is 0.129 e. The van der Waals surface area contributed by atoms with Crippen molar-refractivity contribution >= 4 is 49.4 Å². The molecule has 0 fully saturated rings. The van der Waals surface area contributed by atoms with Crippen LogP contribution in [0.1, 0.15) is 29.9 Å². The lowest BCUT2D eigenvalue weighted by atomic mass is 9.97. The Balaban J connectivity index is 1.10. The summed E-state index contributed by atoms with van der Waals surface area (Å²) in [6.45, 7) is 0. The van der Waals surface area contributed by atoms with Gasteiger partial charge in [0.2, 0.25) is 0 Å². The van der Waals surface area contributed by atoms with Gasteiger partial charge < -0.3 is 14.5 Å². The maximum absolute atomic E-state index is 5.15. The number of amidine groups is 1. The number of para-hydroxylation sites is 3. The van der Waals surface area contributed by atoms with E-state index in [2.05, 4.69) is 190 Å². The Hall–Kier alpha value is -6.17. The average molecular weight is 646 g/mol. The fourth-order valence-corrected chi connectivity index (χ4v) is 7.91. The minimum Gasteiger partial charge on any atom is -0.354 e. The van der Waals surface area contributed by atoms with E-state index in [-0.39, 0.29) is 18.2 Å². The molecule has 0 saturated carbocycles. The molecule has 1 aliphatic carbocycles. The lowest BCUT2D eigenvalue weighted by Crippen LogP contribution is -2.47. The van der Waals surface area contributed by atoms with Gasteiger partial charge in [-0.3, -0.25) is 5.32 Å². The van der Waals surface area contributed by atoms with Crippen LogP contribution in [0, 0.1) is 5.92 Å². The van der Waals surface area contributed by atoms with Gasteiger partial charge in [-0.05, 0) is 66.1 Å². The third-order valence-electron chi connectivity index (χ3n) is 10.3. The van der Waals surface area contributed by atoms with Gasteiger partial charge in [-0.2, -0.15) is 0 Å². The largest absolute Gasteiger partial charge is 0.354 e. The van der Waals surface area contributed by atoms with Crippen LogP contribution in [0.2, 0.25) is 0 Å². The van der Waals surface area contributed by atoms with E-state index < -0.39 is 0 Å². The van der Waals surface area contributed by atoms with E-state index in [1.165, 1.54) is 49.2 Å². The molecule has 10 rings (SSSR count). The summed E-state index contributed by atoms with van der Waals surface area (Å²) in [6, 6.07) is 52.5. The molecule has 5 nitrogen and oxygen atoms in total. The summed E-state index contributed by atoms with van der Waals surface area (Å²) < 4.78 is 4.82. The van der Waals surface area contributed by atoms with Crippen molar-refractivity contribution in [1.82, 2.24) is 19.8 Å². The van der Waals surface area contributed by atoms with E-state index in [1.807, 2.05) is 0 Å². The Labute approximate surface area is 290 Å². The molecule has 3 unspecified atom stereocenters. The van der Waals surface area contributed by atoms with Gasteiger partial charge in [-0.1, -0.05) is 121 Å². The van der Waals surface area contributed by atoms with Crippen LogP contribution in [0.5, 0.6) is 0 Å². The molecule has 0 amide bonds. The molecule has 5 heteroatoms. The fourth-order valence-electron chi connectivity index (χ4n) is 7.91. The van der Waals surface area contributed by atoms with Crippen molar-refractivity contribution in [2.45, 2.75) is 18.8 Å². The minimum absolute atomic E-state index is 0.0829. The highest BCUT2D eigenvalue weighted by Gasteiger charge is 2.28. The maximum Gasteiger partial charge on any atom is 0.129 e. The third-order valence-corrected chi connectivity index (χ3v) is 10.3. The number of rotatable bonds is 5. The molecule has 240 valence electrons. The van der Waals surface area contributed by atoms with Gasteiger partial charge in [0.15, 0.2) is 0 Å². The summed E-state index contributed by atoms with van der Waals surface area (Å²) in [7, 11) is 0. The zero-order chi connectivity index (χ0) is 33.0. The first kappa shape index (κ1) is 28.8. The number of nitrogens with one attached hydrogen (secondary N) is 2. The van der Waals surface area contributed by atoms with Crippen LogP contribution in [-0.4, -0.2) is 15.0 Å². The first-order chi connectivity index (χ1) is 24.8. The van der Waals surface area contributed by atoms with Crippen molar-refractivity contribution in [3.63, 3.8) is 0 Å². The van der Waals surface area contributed by atoms with Crippen LogP contribution >= 0.6 is 0 Å². The lowest BCUT2D eigenvalue weighted by Gasteiger charge is -2.34. The van der Waals surface area contributed by atoms with E-state index in [4.69, 9.17) is 4.99 Å². The van der Waals surface area contributed by atoms with E-state index in [9.17, 15) is 0 Å². The van der Waals surface area contributed by atoms with Gasteiger partial charge in [0.05, 0.1) is 22.1 Å². The fraction of sp³-hybridized carbons (Fsp3) is 0.0889. The molecule has 1 aliphatic heterocycles. The molecule has 2 aliphatic rings. The minimum atomic E-state index is -0.132. The molecule has 0 saturated heterocycles. The van der Waals surface area contributed by atoms with E-state index >= 15 is 0 Å². The van der Waals surface area contributed by atoms with E-state index in [0.717, 1.165) is 29.2 Å². The predicted octanol–water partition coefficient (Wildman–Crippen LogP) is 10.3. The average Bonchev–Trinajstić information content (AvgIpc) is 3.70. The van der Waals surface area contributed by atoms with Gasteiger partial charge in [0, 0.05) is 38.8 Å². The number of hydrogen-bond acceptors (Lipinski definition) is 3. The SMILES string of the molecule is C1=CCC(C2=NC(c3ccccc3)NC(c3ccc(-n4c5ccccc5c5cc6c7ccccc7n(-c7ccccc7)c6cc54)cc3)N2)C=C1. The molecule has 3 heterocycles. The van der Waals surface area contributed by atoms with Crippen molar-refractivity contribution in [3.8, 4) is 11.4 Å². The highest BCUT2D eigenvalue weighted by atomic mass is 15.3. The topological polar surface area (TPSA) is 46.3 Å². The van der Waals surface area contributed by atoms with Crippen molar-refractivity contribution in [2.75, 3.05) is 0 Å². The monoisotopic (exact) mass is 645 g/mol. The number of aromatic nitrogens is 2. The van der Waals surface area contributed by atoms with Crippen LogP contribution in [0.25, 0.3) is 55.0 Å². The van der Waals surface area contributed by atoms with Gasteiger partial charge in [-0.25, -0.2) is 4.99 Å². The Morgan fingerprint density at radius 2 is 1.12 bits per heavy atom. The molecule has 2 N–H and O–H groups in total. The Kier molecular flexibility index (Phi) is 6.78. The van der Waals surface area contributed by atoms with Crippen LogP contribution < -0.4 is 10.6 Å². The molecule has 50 heavy (non-hydrogen) atoms.